The Morgan fingerprint density at radius 1 is 1.10 bits per heavy atom. The summed E-state index contributed by atoms with van der Waals surface area (Å²) < 4.78 is 41.0. The van der Waals surface area contributed by atoms with Crippen LogP contribution in [0.25, 0.3) is 16.8 Å². The minimum absolute atomic E-state index is 0.0282. The molecule has 2 aliphatic heterocycles. The number of ether oxygens (including phenoxy) is 2. The van der Waals surface area contributed by atoms with Crippen molar-refractivity contribution in [3.05, 3.63) is 106 Å². The molecular weight excluding hydrogens is 676 g/mol. The van der Waals surface area contributed by atoms with Crippen molar-refractivity contribution >= 4 is 22.8 Å². The fourth-order valence-corrected chi connectivity index (χ4v) is 6.27. The van der Waals surface area contributed by atoms with Crippen LogP contribution in [-0.4, -0.2) is 79.8 Å². The second-order valence-electron chi connectivity index (χ2n) is 12.7. The molecule has 2 aromatic heterocycles. The number of nitriles is 1. The molecule has 17 heteroatoms. The first-order valence-corrected chi connectivity index (χ1v) is 15.5. The third kappa shape index (κ3) is 5.23. The fourth-order valence-electron chi connectivity index (χ4n) is 6.27. The molecule has 264 valence electrons. The quantitative estimate of drug-likeness (QED) is 0.132. The molecule has 1 fully saturated rings. The van der Waals surface area contributed by atoms with Crippen LogP contribution in [0.3, 0.4) is 0 Å². The molecule has 7 N–H and O–H groups in total. The molecule has 0 bridgehead atoms. The summed E-state index contributed by atoms with van der Waals surface area (Å²) in [7, 11) is 0. The molecule has 0 spiro atoms. The SMILES string of the molecule is N#Cc1ccc(COc2ccc3c(n2)[C@]2(O)C(O)=C(O)N(Cc4nc5ccc(C(=O)O)cc5n4CC4(CF)CC4)C(O)[C@@]2(O)OC=C3O)c(F)c1. The van der Waals surface area contributed by atoms with Crippen LogP contribution in [0.2, 0.25) is 0 Å². The molecule has 4 aromatic rings. The number of aromatic carboxylic acids is 1. The van der Waals surface area contributed by atoms with Gasteiger partial charge in [-0.15, -0.1) is 0 Å². The number of pyridine rings is 1. The van der Waals surface area contributed by atoms with Crippen molar-refractivity contribution in [1.29, 1.82) is 5.26 Å². The number of carbonyl (C=O) groups is 1. The van der Waals surface area contributed by atoms with Gasteiger partial charge in [-0.3, -0.25) is 4.39 Å². The van der Waals surface area contributed by atoms with E-state index in [0.29, 0.717) is 35.0 Å². The van der Waals surface area contributed by atoms with Crippen LogP contribution in [0.1, 0.15) is 51.4 Å². The number of aliphatic hydroxyl groups is 6. The number of carboxylic acids is 1. The lowest BCUT2D eigenvalue weighted by Crippen LogP contribution is -2.69. The first kappa shape index (κ1) is 33.5. The highest BCUT2D eigenvalue weighted by Gasteiger charge is 2.69. The minimum atomic E-state index is -3.31. The first-order chi connectivity index (χ1) is 24.2. The molecule has 2 aromatic carbocycles. The highest BCUT2D eigenvalue weighted by atomic mass is 19.1. The minimum Gasteiger partial charge on any atom is -0.504 e. The van der Waals surface area contributed by atoms with E-state index in [0.717, 1.165) is 6.07 Å². The van der Waals surface area contributed by atoms with E-state index < -0.39 is 77.7 Å². The molecule has 1 aliphatic carbocycles. The number of nitrogens with zero attached hydrogens (tertiary/aromatic N) is 5. The molecule has 0 radical (unpaired) electrons. The van der Waals surface area contributed by atoms with Crippen molar-refractivity contribution in [2.75, 3.05) is 6.67 Å². The normalized spacial score (nSPS) is 23.4. The number of carboxylic acid groups (broad SMARTS) is 1. The standard InChI is InChI=1S/C34H29F2N5O10/c35-15-32(7-8-32)16-41-23-10-18(30(45)46)3-5-22(23)38-25(41)12-40-29(44)28(43)33(48)27-20(24(42)14-51-34(33,49)31(40)47)4-6-26(39-27)50-13-19-2-1-17(11-37)9-21(19)36/h1-6,9-10,14,31,42-44,47-49H,7-8,12-13,15-16H2,(H,45,46)/t31?,33-,34+/m0/s1. The maximum atomic E-state index is 14.5. The molecule has 7 rings (SSSR count). The molecular formula is C34H29F2N5O10. The van der Waals surface area contributed by atoms with Gasteiger partial charge in [-0.1, -0.05) is 6.07 Å². The predicted molar refractivity (Wildman–Crippen MR) is 168 cm³/mol. The summed E-state index contributed by atoms with van der Waals surface area (Å²) in [5.74, 6) is -8.81. The van der Waals surface area contributed by atoms with Gasteiger partial charge in [-0.2, -0.15) is 5.26 Å². The Morgan fingerprint density at radius 2 is 1.86 bits per heavy atom. The van der Waals surface area contributed by atoms with Crippen molar-refractivity contribution in [3.8, 4) is 11.9 Å². The van der Waals surface area contributed by atoms with Crippen LogP contribution in [0.15, 0.2) is 66.4 Å². The topological polar surface area (TPSA) is 235 Å². The van der Waals surface area contributed by atoms with E-state index in [1.54, 1.807) is 0 Å². The molecule has 3 atom stereocenters. The van der Waals surface area contributed by atoms with Crippen LogP contribution >= 0.6 is 0 Å². The van der Waals surface area contributed by atoms with Gasteiger partial charge in [-0.05, 0) is 49.2 Å². The lowest BCUT2D eigenvalue weighted by atomic mass is 9.80. The van der Waals surface area contributed by atoms with E-state index in [9.17, 15) is 49.3 Å². The Balaban J connectivity index is 1.29. The number of halogens is 2. The number of aliphatic hydroxyl groups excluding tert-OH is 4. The average Bonchev–Trinajstić information content (AvgIpc) is 3.85. The van der Waals surface area contributed by atoms with Crippen molar-refractivity contribution in [1.82, 2.24) is 19.4 Å². The molecule has 1 unspecified atom stereocenters. The van der Waals surface area contributed by atoms with E-state index in [1.807, 2.05) is 6.07 Å². The zero-order chi connectivity index (χ0) is 36.5. The Bertz CT molecular complexity index is 2210. The molecule has 15 nitrogen and oxygen atoms in total. The Morgan fingerprint density at radius 3 is 2.53 bits per heavy atom. The van der Waals surface area contributed by atoms with Gasteiger partial charge in [0.1, 0.15) is 30.2 Å². The zero-order valence-electron chi connectivity index (χ0n) is 26.4. The number of hydrogen-bond donors (Lipinski definition) is 7. The van der Waals surface area contributed by atoms with Crippen molar-refractivity contribution < 1.29 is 58.8 Å². The number of alkyl halides is 1. The van der Waals surface area contributed by atoms with Gasteiger partial charge in [0.05, 0.1) is 41.4 Å². The van der Waals surface area contributed by atoms with Crippen LogP contribution in [0.4, 0.5) is 8.78 Å². The monoisotopic (exact) mass is 705 g/mol. The summed E-state index contributed by atoms with van der Waals surface area (Å²) in [6.45, 7) is -1.66. The lowest BCUT2D eigenvalue weighted by Gasteiger charge is -2.49. The number of hydrogen-bond acceptors (Lipinski definition) is 13. The fraction of sp³-hybridized carbons (Fsp3) is 0.294. The van der Waals surface area contributed by atoms with Crippen molar-refractivity contribution in [2.24, 2.45) is 5.41 Å². The van der Waals surface area contributed by atoms with Gasteiger partial charge >= 0.3 is 5.97 Å². The molecule has 51 heavy (non-hydrogen) atoms. The lowest BCUT2D eigenvalue weighted by molar-refractivity contribution is -0.356. The van der Waals surface area contributed by atoms with Gasteiger partial charge in [0.25, 0.3) is 5.79 Å². The van der Waals surface area contributed by atoms with E-state index in [2.05, 4.69) is 9.97 Å². The smallest absolute Gasteiger partial charge is 0.335 e. The number of aromatic nitrogens is 3. The highest BCUT2D eigenvalue weighted by molar-refractivity contribution is 5.92. The van der Waals surface area contributed by atoms with Crippen molar-refractivity contribution in [2.45, 2.75) is 50.2 Å². The largest absolute Gasteiger partial charge is 0.504 e. The summed E-state index contributed by atoms with van der Waals surface area (Å²) in [6, 6.07) is 12.0. The summed E-state index contributed by atoms with van der Waals surface area (Å²) >= 11 is 0. The van der Waals surface area contributed by atoms with Crippen molar-refractivity contribution in [3.63, 3.8) is 0 Å². The molecule has 1 saturated carbocycles. The van der Waals surface area contributed by atoms with Gasteiger partial charge < -0.3 is 54.7 Å². The number of fused-ring (bicyclic) bond motifs is 4. The Kier molecular flexibility index (Phi) is 7.78. The van der Waals surface area contributed by atoms with Crippen LogP contribution in [-0.2, 0) is 30.0 Å². The Labute approximate surface area is 286 Å². The predicted octanol–water partition coefficient (Wildman–Crippen LogP) is 3.35. The second kappa shape index (κ2) is 11.8. The second-order valence-corrected chi connectivity index (χ2v) is 12.7. The molecule has 0 saturated heterocycles. The van der Waals surface area contributed by atoms with Crippen LogP contribution in [0, 0.1) is 22.6 Å². The van der Waals surface area contributed by atoms with Crippen LogP contribution < -0.4 is 4.74 Å². The summed E-state index contributed by atoms with van der Waals surface area (Å²) in [6.07, 6.45) is -0.776. The van der Waals surface area contributed by atoms with E-state index in [4.69, 9.17) is 14.7 Å². The molecule has 4 heterocycles. The summed E-state index contributed by atoms with van der Waals surface area (Å²) in [4.78, 5) is 21.0. The van der Waals surface area contributed by atoms with E-state index >= 15 is 0 Å². The maximum absolute atomic E-state index is 14.5. The zero-order valence-corrected chi connectivity index (χ0v) is 26.4. The Hall–Kier alpha value is -5.96. The summed E-state index contributed by atoms with van der Waals surface area (Å²) in [5.41, 5.74) is -4.46. The third-order valence-corrected chi connectivity index (χ3v) is 9.51. The third-order valence-electron chi connectivity index (χ3n) is 9.51. The summed E-state index contributed by atoms with van der Waals surface area (Å²) in [5, 5.41) is 87.7. The number of imidazole rings is 1. The number of rotatable bonds is 9. The maximum Gasteiger partial charge on any atom is 0.335 e. The van der Waals surface area contributed by atoms with Gasteiger partial charge in [-0.25, -0.2) is 19.2 Å². The van der Waals surface area contributed by atoms with E-state index in [-0.39, 0.29) is 40.5 Å². The first-order valence-electron chi connectivity index (χ1n) is 15.5. The van der Waals surface area contributed by atoms with Gasteiger partial charge in [0.15, 0.2) is 11.5 Å². The van der Waals surface area contributed by atoms with Gasteiger partial charge in [0, 0.05) is 29.2 Å². The van der Waals surface area contributed by atoms with E-state index in [1.165, 1.54) is 47.0 Å². The van der Waals surface area contributed by atoms with Crippen LogP contribution in [0.5, 0.6) is 5.88 Å². The molecule has 3 aliphatic rings. The highest BCUT2D eigenvalue weighted by Crippen LogP contribution is 2.51. The van der Waals surface area contributed by atoms with Gasteiger partial charge in [0.2, 0.25) is 23.6 Å². The number of benzene rings is 2. The average molecular weight is 706 g/mol. The molecule has 0 amide bonds.